The van der Waals surface area contributed by atoms with E-state index in [1.807, 2.05) is 30.7 Å². The standard InChI is InChI=1S/C10H10N2.C2H6/c1-9-3-2-4-10(7-9)12-6-5-11-8-12;1-2/h2-8H,1H3;1-2H3. The highest BCUT2D eigenvalue weighted by Crippen LogP contribution is 2.08. The van der Waals surface area contributed by atoms with E-state index in [0.29, 0.717) is 0 Å². The van der Waals surface area contributed by atoms with Crippen LogP contribution in [0.4, 0.5) is 0 Å². The lowest BCUT2D eigenvalue weighted by molar-refractivity contribution is 1.05. The minimum atomic E-state index is 1.16. The molecule has 0 saturated heterocycles. The summed E-state index contributed by atoms with van der Waals surface area (Å²) in [5.41, 5.74) is 2.42. The molecule has 2 heteroatoms. The molecule has 0 amide bonds. The zero-order chi connectivity index (χ0) is 10.4. The van der Waals surface area contributed by atoms with Crippen LogP contribution in [-0.2, 0) is 0 Å². The van der Waals surface area contributed by atoms with E-state index >= 15 is 0 Å². The second-order valence-electron chi connectivity index (χ2n) is 2.81. The molecule has 1 heterocycles. The summed E-state index contributed by atoms with van der Waals surface area (Å²) < 4.78 is 1.99. The van der Waals surface area contributed by atoms with Crippen molar-refractivity contribution < 1.29 is 0 Å². The van der Waals surface area contributed by atoms with Gasteiger partial charge in [0, 0.05) is 18.1 Å². The van der Waals surface area contributed by atoms with Crippen LogP contribution < -0.4 is 0 Å². The van der Waals surface area contributed by atoms with Crippen molar-refractivity contribution in [2.24, 2.45) is 0 Å². The fourth-order valence-electron chi connectivity index (χ4n) is 1.20. The average Bonchev–Trinajstić information content (AvgIpc) is 2.74. The van der Waals surface area contributed by atoms with E-state index in [9.17, 15) is 0 Å². The first-order valence-corrected chi connectivity index (χ1v) is 4.91. The Morgan fingerprint density at radius 2 is 2.00 bits per heavy atom. The number of nitrogens with zero attached hydrogens (tertiary/aromatic N) is 2. The lowest BCUT2D eigenvalue weighted by Gasteiger charge is -2.01. The second kappa shape index (κ2) is 5.22. The number of imidazole rings is 1. The highest BCUT2D eigenvalue weighted by molar-refractivity contribution is 5.34. The Morgan fingerprint density at radius 1 is 1.21 bits per heavy atom. The average molecular weight is 188 g/mol. The fourth-order valence-corrected chi connectivity index (χ4v) is 1.20. The molecule has 2 nitrogen and oxygen atoms in total. The maximum Gasteiger partial charge on any atom is 0.0991 e. The molecule has 74 valence electrons. The Labute approximate surface area is 85.2 Å². The summed E-state index contributed by atoms with van der Waals surface area (Å²) in [6, 6.07) is 8.32. The number of hydrogen-bond donors (Lipinski definition) is 0. The topological polar surface area (TPSA) is 17.8 Å². The SMILES string of the molecule is CC.Cc1cccc(-n2ccnc2)c1. The Bertz CT molecular complexity index is 364. The zero-order valence-corrected chi connectivity index (χ0v) is 8.94. The molecule has 0 atom stereocenters. The van der Waals surface area contributed by atoms with Gasteiger partial charge in [0.1, 0.15) is 0 Å². The van der Waals surface area contributed by atoms with E-state index < -0.39 is 0 Å². The van der Waals surface area contributed by atoms with E-state index in [0.717, 1.165) is 5.69 Å². The molecular formula is C12H16N2. The van der Waals surface area contributed by atoms with Crippen molar-refractivity contribution in [2.45, 2.75) is 20.8 Å². The van der Waals surface area contributed by atoms with E-state index in [4.69, 9.17) is 0 Å². The molecule has 0 fully saturated rings. The van der Waals surface area contributed by atoms with Gasteiger partial charge >= 0.3 is 0 Å². The molecule has 0 aliphatic carbocycles. The Morgan fingerprint density at radius 3 is 2.57 bits per heavy atom. The van der Waals surface area contributed by atoms with E-state index in [1.165, 1.54) is 5.56 Å². The first kappa shape index (κ1) is 10.5. The lowest BCUT2D eigenvalue weighted by atomic mass is 10.2. The maximum atomic E-state index is 3.99. The van der Waals surface area contributed by atoms with Gasteiger partial charge in [0.05, 0.1) is 6.33 Å². The van der Waals surface area contributed by atoms with E-state index in [1.54, 1.807) is 12.5 Å². The molecule has 2 rings (SSSR count). The molecule has 0 aliphatic rings. The molecule has 2 aromatic rings. The van der Waals surface area contributed by atoms with Gasteiger partial charge in [0.25, 0.3) is 0 Å². The smallest absolute Gasteiger partial charge is 0.0991 e. The van der Waals surface area contributed by atoms with Gasteiger partial charge in [-0.1, -0.05) is 26.0 Å². The van der Waals surface area contributed by atoms with Gasteiger partial charge in [-0.3, -0.25) is 0 Å². The van der Waals surface area contributed by atoms with Crippen LogP contribution in [-0.4, -0.2) is 9.55 Å². The Balaban J connectivity index is 0.000000461. The summed E-state index contributed by atoms with van der Waals surface area (Å²) in [6.45, 7) is 6.08. The van der Waals surface area contributed by atoms with E-state index in [2.05, 4.69) is 30.1 Å². The quantitative estimate of drug-likeness (QED) is 0.672. The molecule has 1 aromatic carbocycles. The molecular weight excluding hydrogens is 172 g/mol. The summed E-state index contributed by atoms with van der Waals surface area (Å²) in [6.07, 6.45) is 5.52. The van der Waals surface area contributed by atoms with Crippen LogP contribution in [0.25, 0.3) is 5.69 Å². The number of aromatic nitrogens is 2. The van der Waals surface area contributed by atoms with Gasteiger partial charge < -0.3 is 4.57 Å². The summed E-state index contributed by atoms with van der Waals surface area (Å²) in [4.78, 5) is 3.99. The monoisotopic (exact) mass is 188 g/mol. The highest BCUT2D eigenvalue weighted by atomic mass is 15.0. The van der Waals surface area contributed by atoms with Crippen LogP contribution in [0.3, 0.4) is 0 Å². The first-order chi connectivity index (χ1) is 6.86. The third-order valence-electron chi connectivity index (χ3n) is 1.80. The molecule has 0 bridgehead atoms. The molecule has 0 N–H and O–H groups in total. The van der Waals surface area contributed by atoms with Crippen molar-refractivity contribution in [3.05, 3.63) is 48.5 Å². The van der Waals surface area contributed by atoms with Crippen molar-refractivity contribution in [3.63, 3.8) is 0 Å². The van der Waals surface area contributed by atoms with Crippen LogP contribution >= 0.6 is 0 Å². The minimum absolute atomic E-state index is 1.16. The molecule has 0 spiro atoms. The summed E-state index contributed by atoms with van der Waals surface area (Å²) in [7, 11) is 0. The fraction of sp³-hybridized carbons (Fsp3) is 0.250. The third kappa shape index (κ3) is 2.46. The predicted molar refractivity (Wildman–Crippen MR) is 59.6 cm³/mol. The highest BCUT2D eigenvalue weighted by Gasteiger charge is 1.93. The summed E-state index contributed by atoms with van der Waals surface area (Å²) in [5, 5.41) is 0. The van der Waals surface area contributed by atoms with Gasteiger partial charge in [-0.2, -0.15) is 0 Å². The van der Waals surface area contributed by atoms with Crippen LogP contribution in [0.5, 0.6) is 0 Å². The van der Waals surface area contributed by atoms with Crippen molar-refractivity contribution in [1.29, 1.82) is 0 Å². The summed E-state index contributed by atoms with van der Waals surface area (Å²) >= 11 is 0. The summed E-state index contributed by atoms with van der Waals surface area (Å²) in [5.74, 6) is 0. The Hall–Kier alpha value is -1.57. The number of hydrogen-bond acceptors (Lipinski definition) is 1. The molecule has 0 radical (unpaired) electrons. The minimum Gasteiger partial charge on any atom is -0.306 e. The molecule has 0 unspecified atom stereocenters. The third-order valence-corrected chi connectivity index (χ3v) is 1.80. The van der Waals surface area contributed by atoms with Gasteiger partial charge in [-0.15, -0.1) is 0 Å². The maximum absolute atomic E-state index is 3.99. The van der Waals surface area contributed by atoms with E-state index in [-0.39, 0.29) is 0 Å². The van der Waals surface area contributed by atoms with Gasteiger partial charge in [0.2, 0.25) is 0 Å². The Kier molecular flexibility index (Phi) is 3.92. The van der Waals surface area contributed by atoms with Gasteiger partial charge in [0.15, 0.2) is 0 Å². The van der Waals surface area contributed by atoms with Gasteiger partial charge in [-0.05, 0) is 24.6 Å². The van der Waals surface area contributed by atoms with Crippen LogP contribution in [0.15, 0.2) is 43.0 Å². The van der Waals surface area contributed by atoms with Crippen molar-refractivity contribution >= 4 is 0 Å². The number of rotatable bonds is 1. The van der Waals surface area contributed by atoms with Crippen molar-refractivity contribution in [2.75, 3.05) is 0 Å². The second-order valence-corrected chi connectivity index (χ2v) is 2.81. The van der Waals surface area contributed by atoms with Crippen LogP contribution in [0.2, 0.25) is 0 Å². The normalized spacial score (nSPS) is 9.07. The lowest BCUT2D eigenvalue weighted by Crippen LogP contribution is -1.89. The van der Waals surface area contributed by atoms with Crippen molar-refractivity contribution in [1.82, 2.24) is 9.55 Å². The molecule has 0 aliphatic heterocycles. The van der Waals surface area contributed by atoms with Crippen molar-refractivity contribution in [3.8, 4) is 5.69 Å². The number of benzene rings is 1. The first-order valence-electron chi connectivity index (χ1n) is 4.91. The largest absolute Gasteiger partial charge is 0.306 e. The van der Waals surface area contributed by atoms with Gasteiger partial charge in [-0.25, -0.2) is 4.98 Å². The zero-order valence-electron chi connectivity index (χ0n) is 8.94. The number of aryl methyl sites for hydroxylation is 1. The molecule has 0 saturated carbocycles. The molecule has 14 heavy (non-hydrogen) atoms. The molecule has 1 aromatic heterocycles. The van der Waals surface area contributed by atoms with Crippen LogP contribution in [0.1, 0.15) is 19.4 Å². The van der Waals surface area contributed by atoms with Crippen LogP contribution in [0, 0.1) is 6.92 Å². The predicted octanol–water partition coefficient (Wildman–Crippen LogP) is 3.21.